The minimum absolute atomic E-state index is 0.336. The molecule has 1 atom stereocenters. The molecule has 0 aliphatic carbocycles. The molecule has 2 rings (SSSR count). The van der Waals surface area contributed by atoms with Gasteiger partial charge in [0.1, 0.15) is 0 Å². The summed E-state index contributed by atoms with van der Waals surface area (Å²) in [6, 6.07) is 6.49. The fourth-order valence-electron chi connectivity index (χ4n) is 2.73. The molecule has 0 amide bonds. The van der Waals surface area contributed by atoms with E-state index in [1.807, 2.05) is 13.1 Å². The van der Waals surface area contributed by atoms with Crippen LogP contribution >= 0.6 is 27.5 Å². The van der Waals surface area contributed by atoms with Crippen LogP contribution in [-0.2, 0) is 0 Å². The lowest BCUT2D eigenvalue weighted by molar-refractivity contribution is 0.218. The lowest BCUT2D eigenvalue weighted by Gasteiger charge is -2.28. The third-order valence-corrected chi connectivity index (χ3v) is 4.69. The monoisotopic (exact) mass is 344 g/mol. The molecule has 0 aromatic heterocycles. The highest BCUT2D eigenvalue weighted by atomic mass is 79.9. The molecule has 1 unspecified atom stereocenters. The van der Waals surface area contributed by atoms with Crippen LogP contribution in [0.5, 0.6) is 0 Å². The van der Waals surface area contributed by atoms with Gasteiger partial charge in [0.2, 0.25) is 0 Å². The predicted octanol–water partition coefficient (Wildman–Crippen LogP) is 4.24. The Kier molecular flexibility index (Phi) is 6.14. The molecule has 1 fully saturated rings. The van der Waals surface area contributed by atoms with Crippen molar-refractivity contribution in [2.45, 2.75) is 31.7 Å². The maximum absolute atomic E-state index is 6.34. The van der Waals surface area contributed by atoms with Gasteiger partial charge in [0.05, 0.1) is 0 Å². The van der Waals surface area contributed by atoms with Crippen molar-refractivity contribution in [1.82, 2.24) is 10.2 Å². The number of halogens is 2. The van der Waals surface area contributed by atoms with Gasteiger partial charge in [-0.05, 0) is 63.6 Å². The van der Waals surface area contributed by atoms with E-state index in [4.69, 9.17) is 11.6 Å². The summed E-state index contributed by atoms with van der Waals surface area (Å²) in [4.78, 5) is 2.57. The average Bonchev–Trinajstić information content (AvgIpc) is 2.42. The predicted molar refractivity (Wildman–Crippen MR) is 85.9 cm³/mol. The maximum Gasteiger partial charge on any atom is 0.0465 e. The van der Waals surface area contributed by atoms with Crippen LogP contribution < -0.4 is 5.32 Å². The van der Waals surface area contributed by atoms with Gasteiger partial charge in [-0.2, -0.15) is 0 Å². The number of nitrogens with one attached hydrogen (secondary N) is 1. The maximum atomic E-state index is 6.34. The second-order valence-corrected chi connectivity index (χ2v) is 6.52. The Balaban J connectivity index is 1.95. The molecular weight excluding hydrogens is 324 g/mol. The summed E-state index contributed by atoms with van der Waals surface area (Å²) in [6.07, 6.45) is 5.20. The van der Waals surface area contributed by atoms with E-state index in [2.05, 4.69) is 38.3 Å². The highest BCUT2D eigenvalue weighted by Gasteiger charge is 2.16. The van der Waals surface area contributed by atoms with Crippen LogP contribution in [0.4, 0.5) is 0 Å². The first-order valence-corrected chi connectivity index (χ1v) is 8.22. The Bertz CT molecular complexity index is 405. The number of nitrogens with zero attached hydrogens (tertiary/aromatic N) is 1. The largest absolute Gasteiger partial charge is 0.313 e. The smallest absolute Gasteiger partial charge is 0.0465 e. The molecule has 1 saturated heterocycles. The summed E-state index contributed by atoms with van der Waals surface area (Å²) in [6.45, 7) is 3.66. The van der Waals surface area contributed by atoms with Crippen molar-refractivity contribution in [1.29, 1.82) is 0 Å². The second kappa shape index (κ2) is 7.63. The number of hydrogen-bond acceptors (Lipinski definition) is 2. The molecular formula is C15H22BrClN2. The van der Waals surface area contributed by atoms with E-state index in [-0.39, 0.29) is 0 Å². The van der Waals surface area contributed by atoms with Crippen molar-refractivity contribution in [3.8, 4) is 0 Å². The molecule has 1 heterocycles. The van der Waals surface area contributed by atoms with Crippen molar-refractivity contribution < 1.29 is 0 Å². The van der Waals surface area contributed by atoms with E-state index < -0.39 is 0 Å². The van der Waals surface area contributed by atoms with Crippen molar-refractivity contribution in [3.63, 3.8) is 0 Å². The summed E-state index contributed by atoms with van der Waals surface area (Å²) in [7, 11) is 2.01. The average molecular weight is 346 g/mol. The summed E-state index contributed by atoms with van der Waals surface area (Å²) < 4.78 is 1.03. The van der Waals surface area contributed by atoms with Crippen molar-refractivity contribution in [2.75, 3.05) is 26.7 Å². The van der Waals surface area contributed by atoms with Crippen molar-refractivity contribution in [2.24, 2.45) is 0 Å². The van der Waals surface area contributed by atoms with E-state index in [0.29, 0.717) is 6.04 Å². The summed E-state index contributed by atoms with van der Waals surface area (Å²) >= 11 is 9.80. The third-order valence-electron chi connectivity index (χ3n) is 3.87. The molecule has 1 aromatic carbocycles. The van der Waals surface area contributed by atoms with Gasteiger partial charge in [0, 0.05) is 15.5 Å². The molecule has 0 saturated carbocycles. The summed E-state index contributed by atoms with van der Waals surface area (Å²) in [5.74, 6) is 0. The van der Waals surface area contributed by atoms with Crippen LogP contribution in [0.1, 0.15) is 37.3 Å². The van der Waals surface area contributed by atoms with Gasteiger partial charge in [0.25, 0.3) is 0 Å². The molecule has 0 radical (unpaired) electrons. The molecule has 1 aliphatic heterocycles. The second-order valence-electron chi connectivity index (χ2n) is 5.20. The van der Waals surface area contributed by atoms with Crippen LogP contribution in [0.3, 0.4) is 0 Å². The molecule has 0 spiro atoms. The zero-order valence-electron chi connectivity index (χ0n) is 11.5. The standard InChI is InChI=1S/C15H22BrClN2/c1-18-15(7-10-19-8-3-2-4-9-19)13-6-5-12(16)11-14(13)17/h5-6,11,15,18H,2-4,7-10H2,1H3. The van der Waals surface area contributed by atoms with E-state index >= 15 is 0 Å². The lowest BCUT2D eigenvalue weighted by Crippen LogP contribution is -2.32. The lowest BCUT2D eigenvalue weighted by atomic mass is 10.0. The Morgan fingerprint density at radius 3 is 2.68 bits per heavy atom. The Morgan fingerprint density at radius 2 is 2.05 bits per heavy atom. The number of hydrogen-bond donors (Lipinski definition) is 1. The highest BCUT2D eigenvalue weighted by molar-refractivity contribution is 9.10. The van der Waals surface area contributed by atoms with E-state index in [1.165, 1.54) is 37.9 Å². The molecule has 1 aromatic rings. The first kappa shape index (κ1) is 15.3. The van der Waals surface area contributed by atoms with Crippen LogP contribution in [0.15, 0.2) is 22.7 Å². The number of piperidine rings is 1. The van der Waals surface area contributed by atoms with Crippen LogP contribution in [0, 0.1) is 0 Å². The first-order valence-electron chi connectivity index (χ1n) is 7.05. The van der Waals surface area contributed by atoms with Crippen molar-refractivity contribution >= 4 is 27.5 Å². The highest BCUT2D eigenvalue weighted by Crippen LogP contribution is 2.28. The molecule has 1 N–H and O–H groups in total. The summed E-state index contributed by atoms with van der Waals surface area (Å²) in [5.41, 5.74) is 1.20. The molecule has 0 bridgehead atoms. The normalized spacial score (nSPS) is 18.5. The van der Waals surface area contributed by atoms with Gasteiger partial charge in [-0.3, -0.25) is 0 Å². The molecule has 19 heavy (non-hydrogen) atoms. The third kappa shape index (κ3) is 4.45. The van der Waals surface area contributed by atoms with Gasteiger partial charge < -0.3 is 10.2 Å². The SMILES string of the molecule is CNC(CCN1CCCCC1)c1ccc(Br)cc1Cl. The fourth-order valence-corrected chi connectivity index (χ4v) is 3.54. The zero-order valence-corrected chi connectivity index (χ0v) is 13.8. The van der Waals surface area contributed by atoms with Gasteiger partial charge in [-0.15, -0.1) is 0 Å². The van der Waals surface area contributed by atoms with Crippen molar-refractivity contribution in [3.05, 3.63) is 33.3 Å². The topological polar surface area (TPSA) is 15.3 Å². The fraction of sp³-hybridized carbons (Fsp3) is 0.600. The quantitative estimate of drug-likeness (QED) is 0.858. The number of rotatable bonds is 5. The van der Waals surface area contributed by atoms with Gasteiger partial charge in [-0.25, -0.2) is 0 Å². The van der Waals surface area contributed by atoms with Crippen LogP contribution in [0.25, 0.3) is 0 Å². The van der Waals surface area contributed by atoms with E-state index in [9.17, 15) is 0 Å². The molecule has 106 valence electrons. The Hall–Kier alpha value is -0.0900. The first-order chi connectivity index (χ1) is 9.20. The van der Waals surface area contributed by atoms with E-state index in [0.717, 1.165) is 22.5 Å². The molecule has 1 aliphatic rings. The van der Waals surface area contributed by atoms with Gasteiger partial charge in [0.15, 0.2) is 0 Å². The Labute approximate surface area is 129 Å². The molecule has 2 nitrogen and oxygen atoms in total. The van der Waals surface area contributed by atoms with Crippen LogP contribution in [-0.4, -0.2) is 31.6 Å². The summed E-state index contributed by atoms with van der Waals surface area (Å²) in [5, 5.41) is 4.23. The number of likely N-dealkylation sites (tertiary alicyclic amines) is 1. The Morgan fingerprint density at radius 1 is 1.32 bits per heavy atom. The van der Waals surface area contributed by atoms with Crippen LogP contribution in [0.2, 0.25) is 5.02 Å². The minimum Gasteiger partial charge on any atom is -0.313 e. The molecule has 4 heteroatoms. The van der Waals surface area contributed by atoms with Gasteiger partial charge >= 0.3 is 0 Å². The van der Waals surface area contributed by atoms with E-state index in [1.54, 1.807) is 0 Å². The number of benzene rings is 1. The minimum atomic E-state index is 0.336. The van der Waals surface area contributed by atoms with Gasteiger partial charge in [-0.1, -0.05) is 40.0 Å². The zero-order chi connectivity index (χ0) is 13.7.